The molecular formula is C18H20ClN3O2. The van der Waals surface area contributed by atoms with E-state index in [1.807, 2.05) is 42.2 Å². The quantitative estimate of drug-likeness (QED) is 0.793. The molecule has 6 heteroatoms. The van der Waals surface area contributed by atoms with E-state index in [1.165, 1.54) is 0 Å². The van der Waals surface area contributed by atoms with Crippen LogP contribution in [0.5, 0.6) is 0 Å². The number of benzene rings is 1. The van der Waals surface area contributed by atoms with Crippen LogP contribution < -0.4 is 0 Å². The van der Waals surface area contributed by atoms with Crippen LogP contribution in [0.4, 0.5) is 0 Å². The minimum absolute atomic E-state index is 0.00452. The Morgan fingerprint density at radius 3 is 2.92 bits per heavy atom. The zero-order valence-electron chi connectivity index (χ0n) is 13.6. The van der Waals surface area contributed by atoms with Crippen molar-refractivity contribution in [1.29, 1.82) is 0 Å². The molecule has 2 aromatic rings. The molecule has 1 aliphatic heterocycles. The van der Waals surface area contributed by atoms with Crippen molar-refractivity contribution in [1.82, 2.24) is 15.0 Å². The number of halogens is 1. The molecule has 0 saturated carbocycles. The van der Waals surface area contributed by atoms with Gasteiger partial charge in [-0.25, -0.2) is 0 Å². The lowest BCUT2D eigenvalue weighted by Crippen LogP contribution is -2.38. The van der Waals surface area contributed by atoms with Crippen LogP contribution in [0.25, 0.3) is 6.08 Å². The number of hydrogen-bond donors (Lipinski definition) is 0. The molecule has 1 aliphatic rings. The third-order valence-corrected chi connectivity index (χ3v) is 4.42. The minimum Gasteiger partial charge on any atom is -0.339 e. The zero-order valence-corrected chi connectivity index (χ0v) is 14.4. The Kier molecular flexibility index (Phi) is 5.30. The summed E-state index contributed by atoms with van der Waals surface area (Å²) in [6.07, 6.45) is 6.08. The first-order chi connectivity index (χ1) is 11.7. The molecule has 3 rings (SSSR count). The molecule has 1 amide bonds. The molecule has 1 saturated heterocycles. The predicted molar refractivity (Wildman–Crippen MR) is 92.7 cm³/mol. The molecule has 24 heavy (non-hydrogen) atoms. The first-order valence-corrected chi connectivity index (χ1v) is 8.58. The Morgan fingerprint density at radius 1 is 1.42 bits per heavy atom. The van der Waals surface area contributed by atoms with Crippen LogP contribution in [0.15, 0.2) is 34.9 Å². The van der Waals surface area contributed by atoms with Gasteiger partial charge in [0.15, 0.2) is 5.82 Å². The average molecular weight is 346 g/mol. The normalized spacial score (nSPS) is 18.2. The van der Waals surface area contributed by atoms with Crippen molar-refractivity contribution >= 4 is 23.6 Å². The van der Waals surface area contributed by atoms with E-state index in [2.05, 4.69) is 10.1 Å². The third-order valence-electron chi connectivity index (χ3n) is 4.17. The molecule has 0 radical (unpaired) electrons. The number of nitrogens with zero attached hydrogens (tertiary/aromatic N) is 3. The molecule has 0 bridgehead atoms. The van der Waals surface area contributed by atoms with Crippen molar-refractivity contribution in [2.75, 3.05) is 13.1 Å². The van der Waals surface area contributed by atoms with Gasteiger partial charge in [-0.2, -0.15) is 4.98 Å². The number of rotatable bonds is 4. The summed E-state index contributed by atoms with van der Waals surface area (Å²) in [5.74, 6) is 1.49. The van der Waals surface area contributed by atoms with Crippen LogP contribution in [0.1, 0.15) is 43.0 Å². The largest absolute Gasteiger partial charge is 0.339 e. The van der Waals surface area contributed by atoms with Crippen molar-refractivity contribution in [2.24, 2.45) is 0 Å². The summed E-state index contributed by atoms with van der Waals surface area (Å²) in [5.41, 5.74) is 0.950. The van der Waals surface area contributed by atoms with E-state index >= 15 is 0 Å². The fourth-order valence-electron chi connectivity index (χ4n) is 2.80. The van der Waals surface area contributed by atoms with Gasteiger partial charge in [-0.1, -0.05) is 35.8 Å². The summed E-state index contributed by atoms with van der Waals surface area (Å²) in [6, 6.07) is 7.39. The Hall–Kier alpha value is -2.14. The van der Waals surface area contributed by atoms with Gasteiger partial charge in [0.2, 0.25) is 11.8 Å². The second-order valence-corrected chi connectivity index (χ2v) is 6.35. The van der Waals surface area contributed by atoms with Crippen LogP contribution in [0, 0.1) is 0 Å². The molecule has 1 unspecified atom stereocenters. The average Bonchev–Trinajstić information content (AvgIpc) is 3.10. The zero-order chi connectivity index (χ0) is 16.9. The smallest absolute Gasteiger partial charge is 0.246 e. The SMILES string of the molecule is CCc1noc(C2CCCN(C(=O)/C=C/c3ccc(Cl)cc3)C2)n1. The lowest BCUT2D eigenvalue weighted by atomic mass is 9.98. The number of aryl methyl sites for hydroxylation is 1. The van der Waals surface area contributed by atoms with Crippen molar-refractivity contribution in [3.05, 3.63) is 52.6 Å². The Bertz CT molecular complexity index is 724. The van der Waals surface area contributed by atoms with Crippen molar-refractivity contribution in [2.45, 2.75) is 32.1 Å². The van der Waals surface area contributed by atoms with Crippen molar-refractivity contribution in [3.63, 3.8) is 0 Å². The highest BCUT2D eigenvalue weighted by atomic mass is 35.5. The number of carbonyl (C=O) groups excluding carboxylic acids is 1. The van der Waals surface area contributed by atoms with Gasteiger partial charge in [0.1, 0.15) is 0 Å². The number of hydrogen-bond acceptors (Lipinski definition) is 4. The maximum absolute atomic E-state index is 12.4. The molecule has 1 fully saturated rings. The molecule has 0 aliphatic carbocycles. The molecule has 1 aromatic carbocycles. The molecular weight excluding hydrogens is 326 g/mol. The van der Waals surface area contributed by atoms with Crippen LogP contribution >= 0.6 is 11.6 Å². The van der Waals surface area contributed by atoms with Gasteiger partial charge in [0, 0.05) is 30.6 Å². The van der Waals surface area contributed by atoms with Crippen LogP contribution in [-0.2, 0) is 11.2 Å². The number of piperidine rings is 1. The summed E-state index contributed by atoms with van der Waals surface area (Å²) in [4.78, 5) is 18.7. The van der Waals surface area contributed by atoms with E-state index in [9.17, 15) is 4.79 Å². The lowest BCUT2D eigenvalue weighted by molar-refractivity contribution is -0.127. The van der Waals surface area contributed by atoms with E-state index in [-0.39, 0.29) is 11.8 Å². The van der Waals surface area contributed by atoms with E-state index in [4.69, 9.17) is 16.1 Å². The van der Waals surface area contributed by atoms with Gasteiger partial charge in [-0.15, -0.1) is 0 Å². The molecule has 0 spiro atoms. The fraction of sp³-hybridized carbons (Fsp3) is 0.389. The monoisotopic (exact) mass is 345 g/mol. The van der Waals surface area contributed by atoms with E-state index < -0.39 is 0 Å². The molecule has 1 aromatic heterocycles. The first-order valence-electron chi connectivity index (χ1n) is 8.20. The number of amides is 1. The first kappa shape index (κ1) is 16.7. The van der Waals surface area contributed by atoms with Gasteiger partial charge >= 0.3 is 0 Å². The van der Waals surface area contributed by atoms with Gasteiger partial charge in [-0.3, -0.25) is 4.79 Å². The second-order valence-electron chi connectivity index (χ2n) is 5.91. The highest BCUT2D eigenvalue weighted by Gasteiger charge is 2.27. The van der Waals surface area contributed by atoms with E-state index in [0.29, 0.717) is 17.5 Å². The number of carbonyl (C=O) groups is 1. The van der Waals surface area contributed by atoms with E-state index in [1.54, 1.807) is 6.08 Å². The lowest BCUT2D eigenvalue weighted by Gasteiger charge is -2.30. The molecule has 0 N–H and O–H groups in total. The van der Waals surface area contributed by atoms with Crippen LogP contribution in [0.2, 0.25) is 5.02 Å². The summed E-state index contributed by atoms with van der Waals surface area (Å²) in [5, 5.41) is 4.63. The summed E-state index contributed by atoms with van der Waals surface area (Å²) in [6.45, 7) is 3.37. The topological polar surface area (TPSA) is 59.2 Å². The van der Waals surface area contributed by atoms with E-state index in [0.717, 1.165) is 37.2 Å². The van der Waals surface area contributed by atoms with Crippen molar-refractivity contribution in [3.8, 4) is 0 Å². The Morgan fingerprint density at radius 2 is 2.21 bits per heavy atom. The van der Waals surface area contributed by atoms with Crippen LogP contribution in [-0.4, -0.2) is 34.0 Å². The van der Waals surface area contributed by atoms with Gasteiger partial charge < -0.3 is 9.42 Å². The number of aromatic nitrogens is 2. The molecule has 2 heterocycles. The summed E-state index contributed by atoms with van der Waals surface area (Å²) in [7, 11) is 0. The maximum atomic E-state index is 12.4. The molecule has 1 atom stereocenters. The van der Waals surface area contributed by atoms with Crippen molar-refractivity contribution < 1.29 is 9.32 Å². The molecule has 5 nitrogen and oxygen atoms in total. The highest BCUT2D eigenvalue weighted by Crippen LogP contribution is 2.26. The second kappa shape index (κ2) is 7.62. The maximum Gasteiger partial charge on any atom is 0.246 e. The Labute approximate surface area is 146 Å². The summed E-state index contributed by atoms with van der Waals surface area (Å²) >= 11 is 5.86. The number of likely N-dealkylation sites (tertiary alicyclic amines) is 1. The summed E-state index contributed by atoms with van der Waals surface area (Å²) < 4.78 is 5.33. The fourth-order valence-corrected chi connectivity index (χ4v) is 2.93. The highest BCUT2D eigenvalue weighted by molar-refractivity contribution is 6.30. The standard InChI is InChI=1S/C18H20ClN3O2/c1-2-16-20-18(24-21-16)14-4-3-11-22(12-14)17(23)10-7-13-5-8-15(19)9-6-13/h5-10,14H,2-4,11-12H2,1H3/b10-7+. The van der Waals surface area contributed by atoms with Gasteiger partial charge in [0.25, 0.3) is 0 Å². The van der Waals surface area contributed by atoms with Gasteiger partial charge in [-0.05, 0) is 36.6 Å². The van der Waals surface area contributed by atoms with Gasteiger partial charge in [0.05, 0.1) is 5.92 Å². The van der Waals surface area contributed by atoms with Crippen LogP contribution in [0.3, 0.4) is 0 Å². The third kappa shape index (κ3) is 4.03. The minimum atomic E-state index is 0.00452. The predicted octanol–water partition coefficient (Wildman–Crippen LogP) is 3.70. The molecule has 126 valence electrons. The Balaban J connectivity index is 1.63.